The monoisotopic (exact) mass is 326 g/mol. The van der Waals surface area contributed by atoms with Crippen LogP contribution in [0.25, 0.3) is 0 Å². The van der Waals surface area contributed by atoms with Crippen molar-refractivity contribution in [2.75, 3.05) is 0 Å². The molecule has 0 aromatic carbocycles. The van der Waals surface area contributed by atoms with Gasteiger partial charge in [0.25, 0.3) is 0 Å². The van der Waals surface area contributed by atoms with Crippen LogP contribution >= 0.6 is 30.1 Å². The molecule has 0 aliphatic heterocycles. The molecular weight excluding hydrogens is 315 g/mol. The minimum Gasteiger partial charge on any atom is -0.449 e. The fourth-order valence-corrected chi connectivity index (χ4v) is 1.73. The first-order valence-electron chi connectivity index (χ1n) is 4.40. The zero-order valence-corrected chi connectivity index (χ0v) is 10.5. The maximum Gasteiger partial charge on any atom is 0.378 e. The van der Waals surface area contributed by atoms with Crippen LogP contribution in [0.2, 0.25) is 0 Å². The van der Waals surface area contributed by atoms with Crippen LogP contribution in [0.4, 0.5) is 4.79 Å². The standard InChI is InChI=1S/C9H11IO3S/c10-14-9(12)13-8-4-2-1-3-7(11)5-6-8/h2,4,8H,1,3,5-6H2/b4-2+. The maximum absolute atomic E-state index is 11.2. The summed E-state index contributed by atoms with van der Waals surface area (Å²) in [4.78, 5) is 22.1. The van der Waals surface area contributed by atoms with E-state index in [1.54, 1.807) is 0 Å². The summed E-state index contributed by atoms with van der Waals surface area (Å²) in [5.41, 5.74) is 0. The number of Topliss-reactive ketones (excluding diaryl/α,β-unsaturated/α-hetero) is 1. The van der Waals surface area contributed by atoms with E-state index in [9.17, 15) is 9.59 Å². The second-order valence-corrected chi connectivity index (χ2v) is 4.84. The molecule has 5 heteroatoms. The third-order valence-electron chi connectivity index (χ3n) is 1.96. The van der Waals surface area contributed by atoms with Crippen molar-refractivity contribution >= 4 is 41.2 Å². The summed E-state index contributed by atoms with van der Waals surface area (Å²) in [5.74, 6) is 0.248. The molecule has 1 rings (SSSR count). The molecule has 14 heavy (non-hydrogen) atoms. The van der Waals surface area contributed by atoms with Crippen LogP contribution in [0, 0.1) is 0 Å². The normalized spacial score (nSPS) is 24.9. The number of carbonyl (C=O) groups is 2. The molecule has 0 spiro atoms. The largest absolute Gasteiger partial charge is 0.449 e. The van der Waals surface area contributed by atoms with E-state index in [-0.39, 0.29) is 17.2 Å². The van der Waals surface area contributed by atoms with E-state index >= 15 is 0 Å². The van der Waals surface area contributed by atoms with Gasteiger partial charge in [-0.2, -0.15) is 0 Å². The number of rotatable bonds is 1. The second-order valence-electron chi connectivity index (χ2n) is 3.03. The molecule has 0 aromatic heterocycles. The zero-order chi connectivity index (χ0) is 10.4. The minimum atomic E-state index is -0.298. The molecule has 0 saturated heterocycles. The smallest absolute Gasteiger partial charge is 0.378 e. The Hall–Kier alpha value is -0.0400. The Morgan fingerprint density at radius 3 is 3.07 bits per heavy atom. The van der Waals surface area contributed by atoms with Crippen LogP contribution in [0.3, 0.4) is 0 Å². The Morgan fingerprint density at radius 1 is 1.57 bits per heavy atom. The number of halogens is 1. The molecule has 0 amide bonds. The second kappa shape index (κ2) is 6.44. The molecule has 0 aromatic rings. The Morgan fingerprint density at radius 2 is 2.36 bits per heavy atom. The Balaban J connectivity index is 2.46. The number of hydrogen-bond donors (Lipinski definition) is 0. The average Bonchev–Trinajstić information content (AvgIpc) is 2.16. The van der Waals surface area contributed by atoms with Gasteiger partial charge in [0.1, 0.15) is 11.9 Å². The van der Waals surface area contributed by atoms with Crippen molar-refractivity contribution in [3.05, 3.63) is 12.2 Å². The third kappa shape index (κ3) is 4.45. The van der Waals surface area contributed by atoms with E-state index in [0.717, 1.165) is 15.4 Å². The van der Waals surface area contributed by atoms with Crippen molar-refractivity contribution < 1.29 is 14.3 Å². The predicted molar refractivity (Wildman–Crippen MR) is 64.5 cm³/mol. The molecule has 0 radical (unpaired) electrons. The lowest BCUT2D eigenvalue weighted by atomic mass is 10.0. The van der Waals surface area contributed by atoms with Gasteiger partial charge >= 0.3 is 5.30 Å². The summed E-state index contributed by atoms with van der Waals surface area (Å²) in [6.45, 7) is 0. The van der Waals surface area contributed by atoms with Gasteiger partial charge in [0.05, 0.1) is 0 Å². The fourth-order valence-electron chi connectivity index (χ4n) is 1.26. The molecule has 0 N–H and O–H groups in total. The predicted octanol–water partition coefficient (Wildman–Crippen LogP) is 3.27. The van der Waals surface area contributed by atoms with Gasteiger partial charge in [0, 0.05) is 43.0 Å². The van der Waals surface area contributed by atoms with Gasteiger partial charge in [-0.05, 0) is 18.9 Å². The highest BCUT2D eigenvalue weighted by Gasteiger charge is 2.14. The minimum absolute atomic E-state index is 0.228. The van der Waals surface area contributed by atoms with Crippen LogP contribution in [0.15, 0.2) is 12.2 Å². The van der Waals surface area contributed by atoms with E-state index in [1.165, 1.54) is 0 Å². The first-order valence-corrected chi connectivity index (χ1v) is 7.76. The average molecular weight is 326 g/mol. The Kier molecular flexibility index (Phi) is 5.54. The first-order chi connectivity index (χ1) is 6.72. The molecule has 0 fully saturated rings. The molecule has 1 aliphatic carbocycles. The van der Waals surface area contributed by atoms with Crippen molar-refractivity contribution in [3.8, 4) is 0 Å². The number of ketones is 1. The van der Waals surface area contributed by atoms with Crippen molar-refractivity contribution in [1.82, 2.24) is 0 Å². The van der Waals surface area contributed by atoms with Crippen LogP contribution < -0.4 is 0 Å². The van der Waals surface area contributed by atoms with Crippen LogP contribution in [0.1, 0.15) is 25.7 Å². The summed E-state index contributed by atoms with van der Waals surface area (Å²) < 4.78 is 5.10. The van der Waals surface area contributed by atoms with Crippen molar-refractivity contribution in [2.24, 2.45) is 0 Å². The third-order valence-corrected chi connectivity index (χ3v) is 3.26. The van der Waals surface area contributed by atoms with Crippen LogP contribution in [-0.2, 0) is 9.53 Å². The van der Waals surface area contributed by atoms with Crippen molar-refractivity contribution in [3.63, 3.8) is 0 Å². The van der Waals surface area contributed by atoms with Gasteiger partial charge in [0.2, 0.25) is 0 Å². The Labute approximate surface area is 99.2 Å². The van der Waals surface area contributed by atoms with E-state index < -0.39 is 0 Å². The van der Waals surface area contributed by atoms with Crippen molar-refractivity contribution in [2.45, 2.75) is 31.8 Å². The van der Waals surface area contributed by atoms with Crippen molar-refractivity contribution in [1.29, 1.82) is 0 Å². The zero-order valence-electron chi connectivity index (χ0n) is 7.57. The van der Waals surface area contributed by atoms with E-state index in [2.05, 4.69) is 0 Å². The summed E-state index contributed by atoms with van der Waals surface area (Å²) in [7, 11) is 1.02. The van der Waals surface area contributed by atoms with Gasteiger partial charge in [-0.15, -0.1) is 0 Å². The highest BCUT2D eigenvalue weighted by Crippen LogP contribution is 2.19. The lowest BCUT2D eigenvalue weighted by Gasteiger charge is -2.14. The number of ether oxygens (including phenoxy) is 1. The molecular formula is C9H11IO3S. The number of allylic oxidation sites excluding steroid dienone is 1. The first kappa shape index (κ1) is 12.0. The quantitative estimate of drug-likeness (QED) is 0.421. The van der Waals surface area contributed by atoms with Gasteiger partial charge in [-0.1, -0.05) is 6.08 Å². The fraction of sp³-hybridized carbons (Fsp3) is 0.556. The topological polar surface area (TPSA) is 43.4 Å². The molecule has 0 saturated carbocycles. The number of carbonyl (C=O) groups excluding carboxylic acids is 2. The van der Waals surface area contributed by atoms with Gasteiger partial charge in [0.15, 0.2) is 0 Å². The molecule has 1 aliphatic rings. The van der Waals surface area contributed by atoms with Crippen LogP contribution in [-0.4, -0.2) is 17.2 Å². The molecule has 78 valence electrons. The molecule has 0 bridgehead atoms. The molecule has 3 nitrogen and oxygen atoms in total. The molecule has 1 unspecified atom stereocenters. The van der Waals surface area contributed by atoms with Gasteiger partial charge < -0.3 is 4.74 Å². The molecule has 0 heterocycles. The maximum atomic E-state index is 11.2. The van der Waals surface area contributed by atoms with Gasteiger partial charge in [-0.3, -0.25) is 4.79 Å². The van der Waals surface area contributed by atoms with E-state index in [4.69, 9.17) is 4.74 Å². The highest BCUT2D eigenvalue weighted by molar-refractivity contribution is 14.2. The van der Waals surface area contributed by atoms with Gasteiger partial charge in [-0.25, -0.2) is 4.79 Å². The van der Waals surface area contributed by atoms with E-state index in [0.29, 0.717) is 19.3 Å². The highest BCUT2D eigenvalue weighted by atomic mass is 127. The SMILES string of the molecule is O=C1CC/C=C/C(OC(=O)SI)CC1. The molecule has 1 atom stereocenters. The summed E-state index contributed by atoms with van der Waals surface area (Å²) >= 11 is 1.88. The van der Waals surface area contributed by atoms with Crippen LogP contribution in [0.5, 0.6) is 0 Å². The number of hydrogen-bond acceptors (Lipinski definition) is 4. The lowest BCUT2D eigenvalue weighted by molar-refractivity contribution is -0.119. The Bertz CT molecular complexity index is 252. The summed E-state index contributed by atoms with van der Waals surface area (Å²) in [6.07, 6.45) is 6.04. The summed E-state index contributed by atoms with van der Waals surface area (Å²) in [5, 5.41) is -0.298. The lowest BCUT2D eigenvalue weighted by Crippen LogP contribution is -2.15. The van der Waals surface area contributed by atoms with E-state index in [1.807, 2.05) is 33.4 Å². The summed E-state index contributed by atoms with van der Waals surface area (Å²) in [6, 6.07) is 0.